The number of anilines is 2. The highest BCUT2D eigenvalue weighted by Crippen LogP contribution is 2.30. The molecule has 9 nitrogen and oxygen atoms in total. The molecule has 1 saturated carbocycles. The van der Waals surface area contributed by atoms with Crippen molar-refractivity contribution in [1.29, 1.82) is 0 Å². The fourth-order valence-corrected chi connectivity index (χ4v) is 5.32. The fourth-order valence-electron chi connectivity index (χ4n) is 4.94. The van der Waals surface area contributed by atoms with Crippen LogP contribution in [0.3, 0.4) is 0 Å². The predicted molar refractivity (Wildman–Crippen MR) is 149 cm³/mol. The molecular weight excluding hydrogens is 532 g/mol. The SMILES string of the molecule is CN1CCN(Cc2ccc(-c3ccc(C(=O)NN(c4nc(N)ncc4Br)C4CCCC4)cn3)cc2)CC1. The van der Waals surface area contributed by atoms with Crippen LogP contribution in [0.5, 0.6) is 0 Å². The molecule has 3 N–H and O–H groups in total. The van der Waals surface area contributed by atoms with Crippen LogP contribution in [0, 0.1) is 0 Å². The average molecular weight is 566 g/mol. The highest BCUT2D eigenvalue weighted by atomic mass is 79.9. The molecule has 0 spiro atoms. The van der Waals surface area contributed by atoms with Gasteiger partial charge in [0.1, 0.15) is 0 Å². The van der Waals surface area contributed by atoms with Crippen molar-refractivity contribution >= 4 is 33.6 Å². The van der Waals surface area contributed by atoms with Gasteiger partial charge < -0.3 is 10.6 Å². The maximum Gasteiger partial charge on any atom is 0.271 e. The number of rotatable bonds is 7. The lowest BCUT2D eigenvalue weighted by molar-refractivity contribution is 0.0943. The summed E-state index contributed by atoms with van der Waals surface area (Å²) in [4.78, 5) is 31.0. The summed E-state index contributed by atoms with van der Waals surface area (Å²) in [5.41, 5.74) is 12.5. The lowest BCUT2D eigenvalue weighted by Crippen LogP contribution is -2.48. The summed E-state index contributed by atoms with van der Waals surface area (Å²) in [6.07, 6.45) is 7.40. The monoisotopic (exact) mass is 564 g/mol. The van der Waals surface area contributed by atoms with Gasteiger partial charge in [0.05, 0.1) is 21.8 Å². The second kappa shape index (κ2) is 11.5. The lowest BCUT2D eigenvalue weighted by atomic mass is 10.1. The van der Waals surface area contributed by atoms with Gasteiger partial charge in [0.2, 0.25) is 5.95 Å². The van der Waals surface area contributed by atoms with Gasteiger partial charge in [0, 0.05) is 50.7 Å². The number of nitrogen functional groups attached to an aromatic ring is 1. The second-order valence-corrected chi connectivity index (χ2v) is 10.7. The first-order valence-electron chi connectivity index (χ1n) is 12.8. The summed E-state index contributed by atoms with van der Waals surface area (Å²) in [6.45, 7) is 5.40. The number of hydrogen-bond acceptors (Lipinski definition) is 8. The molecule has 1 aromatic carbocycles. The van der Waals surface area contributed by atoms with Crippen molar-refractivity contribution < 1.29 is 4.79 Å². The van der Waals surface area contributed by atoms with Gasteiger partial charge >= 0.3 is 0 Å². The Labute approximate surface area is 226 Å². The molecule has 194 valence electrons. The first-order chi connectivity index (χ1) is 18.0. The first kappa shape index (κ1) is 25.6. The minimum absolute atomic E-state index is 0.145. The van der Waals surface area contributed by atoms with E-state index >= 15 is 0 Å². The van der Waals surface area contributed by atoms with Crippen molar-refractivity contribution in [3.8, 4) is 11.3 Å². The van der Waals surface area contributed by atoms with E-state index in [-0.39, 0.29) is 17.9 Å². The lowest BCUT2D eigenvalue weighted by Gasteiger charge is -2.32. The Balaban J connectivity index is 1.26. The van der Waals surface area contributed by atoms with Crippen molar-refractivity contribution in [2.45, 2.75) is 38.3 Å². The standard InChI is InChI=1S/C27H33BrN8O/c1-34-12-14-35(15-13-34)18-19-6-8-20(9-7-19)24-11-10-21(16-30-24)26(37)33-36(22-4-2-3-5-22)25-23(28)17-31-27(29)32-25/h6-11,16-17,22H,2-5,12-15,18H2,1H3,(H,33,37)(H2,29,31,32). The number of likely N-dealkylation sites (N-methyl/N-ethyl adjacent to an activating group) is 1. The van der Waals surface area contributed by atoms with Crippen LogP contribution in [0.4, 0.5) is 11.8 Å². The van der Waals surface area contributed by atoms with Gasteiger partial charge in [-0.2, -0.15) is 4.98 Å². The molecule has 0 bridgehead atoms. The molecule has 3 aromatic rings. The number of nitrogens with two attached hydrogens (primary N) is 1. The largest absolute Gasteiger partial charge is 0.368 e. The third kappa shape index (κ3) is 6.26. The topological polar surface area (TPSA) is 104 Å². The minimum atomic E-state index is -0.238. The zero-order chi connectivity index (χ0) is 25.8. The molecule has 0 radical (unpaired) electrons. The smallest absolute Gasteiger partial charge is 0.271 e. The molecule has 3 heterocycles. The van der Waals surface area contributed by atoms with Gasteiger partial charge in [0.25, 0.3) is 5.91 Å². The van der Waals surface area contributed by atoms with Gasteiger partial charge in [-0.15, -0.1) is 0 Å². The van der Waals surface area contributed by atoms with Crippen molar-refractivity contribution in [3.05, 3.63) is 64.4 Å². The number of carbonyl (C=O) groups excluding carboxylic acids is 1. The number of hydrogen-bond donors (Lipinski definition) is 2. The van der Waals surface area contributed by atoms with Crippen molar-refractivity contribution in [2.24, 2.45) is 0 Å². The summed E-state index contributed by atoms with van der Waals surface area (Å²) >= 11 is 3.50. The number of pyridine rings is 1. The Kier molecular flexibility index (Phi) is 7.97. The van der Waals surface area contributed by atoms with E-state index in [9.17, 15) is 4.79 Å². The number of nitrogens with zero attached hydrogens (tertiary/aromatic N) is 6. The van der Waals surface area contributed by atoms with Gasteiger partial charge in [-0.05, 0) is 53.5 Å². The second-order valence-electron chi connectivity index (χ2n) is 9.86. The Morgan fingerprint density at radius 3 is 2.46 bits per heavy atom. The van der Waals surface area contributed by atoms with E-state index in [1.165, 1.54) is 5.56 Å². The van der Waals surface area contributed by atoms with E-state index in [1.54, 1.807) is 12.4 Å². The number of amides is 1. The molecule has 2 aromatic heterocycles. The number of hydrazine groups is 1. The molecule has 0 unspecified atom stereocenters. The Morgan fingerprint density at radius 2 is 1.78 bits per heavy atom. The van der Waals surface area contributed by atoms with E-state index in [0.29, 0.717) is 15.9 Å². The molecular formula is C27H33BrN8O. The normalized spacial score (nSPS) is 17.1. The minimum Gasteiger partial charge on any atom is -0.368 e. The highest BCUT2D eigenvalue weighted by Gasteiger charge is 2.28. The van der Waals surface area contributed by atoms with Crippen LogP contribution in [0.1, 0.15) is 41.6 Å². The molecule has 2 aliphatic rings. The van der Waals surface area contributed by atoms with Crippen molar-refractivity contribution in [2.75, 3.05) is 44.0 Å². The van der Waals surface area contributed by atoms with E-state index in [2.05, 4.69) is 77.4 Å². The van der Waals surface area contributed by atoms with Crippen LogP contribution >= 0.6 is 15.9 Å². The van der Waals surface area contributed by atoms with E-state index in [4.69, 9.17) is 5.73 Å². The van der Waals surface area contributed by atoms with Crippen molar-refractivity contribution in [3.63, 3.8) is 0 Å². The van der Waals surface area contributed by atoms with Gasteiger partial charge in [-0.25, -0.2) is 4.98 Å². The van der Waals surface area contributed by atoms with Crippen LogP contribution in [0.2, 0.25) is 0 Å². The molecule has 37 heavy (non-hydrogen) atoms. The third-order valence-corrected chi connectivity index (χ3v) is 7.72. The number of nitrogens with one attached hydrogen (secondary N) is 1. The van der Waals surface area contributed by atoms with Crippen LogP contribution in [-0.4, -0.2) is 69.9 Å². The van der Waals surface area contributed by atoms with E-state index in [0.717, 1.165) is 69.7 Å². The van der Waals surface area contributed by atoms with Crippen LogP contribution in [0.25, 0.3) is 11.3 Å². The average Bonchev–Trinajstić information content (AvgIpc) is 3.45. The third-order valence-electron chi connectivity index (χ3n) is 7.16. The first-order valence-corrected chi connectivity index (χ1v) is 13.6. The number of benzene rings is 1. The summed E-state index contributed by atoms with van der Waals surface area (Å²) < 4.78 is 0.679. The van der Waals surface area contributed by atoms with E-state index < -0.39 is 0 Å². The van der Waals surface area contributed by atoms with Crippen molar-refractivity contribution in [1.82, 2.24) is 30.2 Å². The quantitative estimate of drug-likeness (QED) is 0.418. The zero-order valence-corrected chi connectivity index (χ0v) is 22.7. The molecule has 2 fully saturated rings. The highest BCUT2D eigenvalue weighted by molar-refractivity contribution is 9.10. The van der Waals surface area contributed by atoms with Crippen LogP contribution < -0.4 is 16.2 Å². The molecule has 0 atom stereocenters. The number of piperazine rings is 1. The molecule has 1 aliphatic carbocycles. The Morgan fingerprint density at radius 1 is 1.05 bits per heavy atom. The van der Waals surface area contributed by atoms with Crippen LogP contribution in [-0.2, 0) is 6.54 Å². The number of carbonyl (C=O) groups is 1. The van der Waals surface area contributed by atoms with Gasteiger partial charge in [-0.3, -0.25) is 25.1 Å². The maximum absolute atomic E-state index is 13.2. The maximum atomic E-state index is 13.2. The number of halogens is 1. The predicted octanol–water partition coefficient (Wildman–Crippen LogP) is 3.72. The molecule has 10 heteroatoms. The Bertz CT molecular complexity index is 1210. The molecule has 1 amide bonds. The molecule has 5 rings (SSSR count). The number of aromatic nitrogens is 3. The summed E-state index contributed by atoms with van der Waals surface area (Å²) in [5.74, 6) is 0.488. The molecule has 1 aliphatic heterocycles. The molecule has 1 saturated heterocycles. The summed E-state index contributed by atoms with van der Waals surface area (Å²) in [7, 11) is 2.17. The van der Waals surface area contributed by atoms with Gasteiger partial charge in [0.15, 0.2) is 5.82 Å². The summed E-state index contributed by atoms with van der Waals surface area (Å²) in [5, 5.41) is 1.82. The fraction of sp³-hybridized carbons (Fsp3) is 0.407. The Hall–Kier alpha value is -3.08. The van der Waals surface area contributed by atoms with Gasteiger partial charge in [-0.1, -0.05) is 37.1 Å². The zero-order valence-electron chi connectivity index (χ0n) is 21.1. The van der Waals surface area contributed by atoms with Crippen LogP contribution in [0.15, 0.2) is 53.3 Å². The summed E-state index contributed by atoms with van der Waals surface area (Å²) in [6, 6.07) is 12.4. The van der Waals surface area contributed by atoms with E-state index in [1.807, 2.05) is 17.1 Å².